The van der Waals surface area contributed by atoms with E-state index in [0.29, 0.717) is 0 Å². The molecule has 1 N–H and O–H groups in total. The summed E-state index contributed by atoms with van der Waals surface area (Å²) in [4.78, 5) is 9.87. The summed E-state index contributed by atoms with van der Waals surface area (Å²) in [7, 11) is -2.06. The van der Waals surface area contributed by atoms with E-state index in [9.17, 15) is 18.5 Å². The van der Waals surface area contributed by atoms with Gasteiger partial charge < -0.3 is 4.57 Å². The second kappa shape index (κ2) is 5.84. The van der Waals surface area contributed by atoms with E-state index >= 15 is 0 Å². The fourth-order valence-corrected chi connectivity index (χ4v) is 2.94. The maximum atomic E-state index is 12.1. The summed E-state index contributed by atoms with van der Waals surface area (Å²) >= 11 is 5.66. The highest BCUT2D eigenvalue weighted by Crippen LogP contribution is 2.27. The molecule has 0 spiro atoms. The Morgan fingerprint density at radius 2 is 2.10 bits per heavy atom. The number of aromatic nitrogens is 1. The highest BCUT2D eigenvalue weighted by Gasteiger charge is 2.20. The topological polar surface area (TPSA) is 94.2 Å². The number of hydrogen-bond acceptors (Lipinski definition) is 4. The number of nitro groups is 1. The predicted octanol–water partition coefficient (Wildman–Crippen LogP) is 2.07. The number of rotatable bonds is 5. The summed E-state index contributed by atoms with van der Waals surface area (Å²) in [5.41, 5.74) is 0.320. The van der Waals surface area contributed by atoms with Crippen LogP contribution >= 0.6 is 11.6 Å². The van der Waals surface area contributed by atoms with Crippen LogP contribution in [0.5, 0.6) is 0 Å². The van der Waals surface area contributed by atoms with E-state index in [1.165, 1.54) is 12.1 Å². The number of benzene rings is 1. The fraction of sp³-hybridized carbons (Fsp3) is 0.167. The van der Waals surface area contributed by atoms with Crippen molar-refractivity contribution in [2.24, 2.45) is 7.05 Å². The van der Waals surface area contributed by atoms with Crippen LogP contribution in [-0.2, 0) is 23.6 Å². The zero-order valence-electron chi connectivity index (χ0n) is 11.0. The number of halogens is 1. The van der Waals surface area contributed by atoms with Crippen LogP contribution in [0, 0.1) is 10.1 Å². The van der Waals surface area contributed by atoms with Crippen LogP contribution in [0.25, 0.3) is 0 Å². The van der Waals surface area contributed by atoms with Gasteiger partial charge in [-0.3, -0.25) is 10.1 Å². The second-order valence-electron chi connectivity index (χ2n) is 4.31. The number of sulfonamides is 1. The summed E-state index contributed by atoms with van der Waals surface area (Å²) < 4.78 is 28.4. The molecule has 0 fully saturated rings. The molecule has 0 amide bonds. The van der Waals surface area contributed by atoms with Crippen molar-refractivity contribution < 1.29 is 13.3 Å². The van der Waals surface area contributed by atoms with Crippen molar-refractivity contribution in [3.63, 3.8) is 0 Å². The van der Waals surface area contributed by atoms with E-state index in [1.54, 1.807) is 29.9 Å². The average Bonchev–Trinajstić information content (AvgIpc) is 2.82. The number of nitrogens with one attached hydrogen (secondary N) is 1. The van der Waals surface area contributed by atoms with Crippen molar-refractivity contribution in [3.8, 4) is 0 Å². The monoisotopic (exact) mass is 329 g/mol. The lowest BCUT2D eigenvalue weighted by atomic mass is 10.3. The summed E-state index contributed by atoms with van der Waals surface area (Å²) in [5, 5.41) is 10.7. The Morgan fingerprint density at radius 3 is 2.67 bits per heavy atom. The maximum absolute atomic E-state index is 12.1. The first-order chi connectivity index (χ1) is 9.81. The minimum absolute atomic E-state index is 0.0856. The molecule has 7 nitrogen and oxygen atoms in total. The molecule has 2 rings (SSSR count). The zero-order chi connectivity index (χ0) is 15.6. The van der Waals surface area contributed by atoms with Gasteiger partial charge in [0.05, 0.1) is 16.4 Å². The minimum atomic E-state index is -3.85. The Labute approximate surface area is 126 Å². The van der Waals surface area contributed by atoms with Gasteiger partial charge in [-0.25, -0.2) is 13.1 Å². The number of nitro benzene ring substituents is 1. The smallest absolute Gasteiger partial charge is 0.289 e. The van der Waals surface area contributed by atoms with Gasteiger partial charge in [0.2, 0.25) is 10.0 Å². The number of aryl methyl sites for hydroxylation is 1. The third-order valence-electron chi connectivity index (χ3n) is 2.92. The lowest BCUT2D eigenvalue weighted by Crippen LogP contribution is -2.24. The molecule has 0 bridgehead atoms. The molecule has 0 saturated heterocycles. The first kappa shape index (κ1) is 15.5. The normalized spacial score (nSPS) is 11.5. The third-order valence-corrected chi connectivity index (χ3v) is 4.64. The highest BCUT2D eigenvalue weighted by molar-refractivity contribution is 7.89. The molecule has 0 saturated carbocycles. The molecule has 0 radical (unpaired) electrons. The average molecular weight is 330 g/mol. The van der Waals surface area contributed by atoms with Crippen LogP contribution in [0.3, 0.4) is 0 Å². The molecule has 0 unspecified atom stereocenters. The maximum Gasteiger partial charge on any atom is 0.289 e. The molecule has 112 valence electrons. The quantitative estimate of drug-likeness (QED) is 0.671. The molecule has 0 aliphatic carbocycles. The molecule has 0 atom stereocenters. The van der Waals surface area contributed by atoms with Gasteiger partial charge in [0, 0.05) is 25.0 Å². The zero-order valence-corrected chi connectivity index (χ0v) is 12.6. The SMILES string of the molecule is Cn1cccc1CNS(=O)(=O)c1ccc(Cl)c([N+](=O)[O-])c1. The van der Waals surface area contributed by atoms with Crippen LogP contribution in [0.4, 0.5) is 5.69 Å². The molecule has 0 aliphatic rings. The van der Waals surface area contributed by atoms with E-state index in [0.717, 1.165) is 11.8 Å². The van der Waals surface area contributed by atoms with Crippen LogP contribution < -0.4 is 4.72 Å². The Bertz CT molecular complexity index is 786. The van der Waals surface area contributed by atoms with Gasteiger partial charge in [0.1, 0.15) is 5.02 Å². The largest absolute Gasteiger partial charge is 0.353 e. The van der Waals surface area contributed by atoms with Gasteiger partial charge in [-0.15, -0.1) is 0 Å². The lowest BCUT2D eigenvalue weighted by Gasteiger charge is -2.08. The summed E-state index contributed by atoms with van der Waals surface area (Å²) in [6.45, 7) is 0.0856. The van der Waals surface area contributed by atoms with Gasteiger partial charge in [0.15, 0.2) is 0 Å². The molecular weight excluding hydrogens is 318 g/mol. The Morgan fingerprint density at radius 1 is 1.38 bits per heavy atom. The lowest BCUT2D eigenvalue weighted by molar-refractivity contribution is -0.384. The van der Waals surface area contributed by atoms with E-state index in [1.807, 2.05) is 0 Å². The van der Waals surface area contributed by atoms with Crippen LogP contribution in [0.15, 0.2) is 41.4 Å². The van der Waals surface area contributed by atoms with Crippen molar-refractivity contribution in [1.82, 2.24) is 9.29 Å². The minimum Gasteiger partial charge on any atom is -0.353 e. The van der Waals surface area contributed by atoms with Crippen molar-refractivity contribution in [2.45, 2.75) is 11.4 Å². The molecule has 21 heavy (non-hydrogen) atoms. The second-order valence-corrected chi connectivity index (χ2v) is 6.48. The van der Waals surface area contributed by atoms with E-state index in [2.05, 4.69) is 4.72 Å². The van der Waals surface area contributed by atoms with E-state index in [4.69, 9.17) is 11.6 Å². The van der Waals surface area contributed by atoms with Gasteiger partial charge in [0.25, 0.3) is 5.69 Å². The molecule has 1 aromatic heterocycles. The Hall–Kier alpha value is -1.90. The third kappa shape index (κ3) is 3.41. The van der Waals surface area contributed by atoms with Gasteiger partial charge in [-0.1, -0.05) is 11.6 Å². The molecular formula is C12H12ClN3O4S. The van der Waals surface area contributed by atoms with Crippen molar-refractivity contribution in [3.05, 3.63) is 57.4 Å². The number of hydrogen-bond donors (Lipinski definition) is 1. The van der Waals surface area contributed by atoms with E-state index in [-0.39, 0.29) is 16.5 Å². The van der Waals surface area contributed by atoms with Gasteiger partial charge in [-0.05, 0) is 24.3 Å². The van der Waals surface area contributed by atoms with Crippen molar-refractivity contribution in [1.29, 1.82) is 0 Å². The standard InChI is InChI=1S/C12H12ClN3O4S/c1-15-6-2-3-9(15)8-14-21(19,20)10-4-5-11(13)12(7-10)16(17)18/h2-7,14H,8H2,1H3. The Kier molecular flexibility index (Phi) is 4.31. The predicted molar refractivity (Wildman–Crippen MR) is 77.5 cm³/mol. The molecule has 1 heterocycles. The van der Waals surface area contributed by atoms with Gasteiger partial charge in [-0.2, -0.15) is 0 Å². The first-order valence-electron chi connectivity index (χ1n) is 5.85. The van der Waals surface area contributed by atoms with E-state index < -0.39 is 20.6 Å². The summed E-state index contributed by atoms with van der Waals surface area (Å²) in [6, 6.07) is 6.92. The van der Waals surface area contributed by atoms with Crippen LogP contribution in [0.1, 0.15) is 5.69 Å². The van der Waals surface area contributed by atoms with Crippen LogP contribution in [0.2, 0.25) is 5.02 Å². The fourth-order valence-electron chi connectivity index (χ4n) is 1.73. The Balaban J connectivity index is 2.26. The highest BCUT2D eigenvalue weighted by atomic mass is 35.5. The number of nitrogens with zero attached hydrogens (tertiary/aromatic N) is 2. The first-order valence-corrected chi connectivity index (χ1v) is 7.71. The summed E-state index contributed by atoms with van der Waals surface area (Å²) in [5.74, 6) is 0. The molecule has 9 heteroatoms. The molecule has 1 aromatic carbocycles. The summed E-state index contributed by atoms with van der Waals surface area (Å²) in [6.07, 6.45) is 1.79. The van der Waals surface area contributed by atoms with Crippen molar-refractivity contribution in [2.75, 3.05) is 0 Å². The molecule has 0 aliphatic heterocycles. The molecule has 2 aromatic rings. The van der Waals surface area contributed by atoms with Crippen LogP contribution in [-0.4, -0.2) is 17.9 Å². The van der Waals surface area contributed by atoms with Crippen molar-refractivity contribution >= 4 is 27.3 Å². The van der Waals surface area contributed by atoms with Gasteiger partial charge >= 0.3 is 0 Å².